The van der Waals surface area contributed by atoms with E-state index in [9.17, 15) is 19.5 Å². The monoisotopic (exact) mass is 451 g/mol. The van der Waals surface area contributed by atoms with Crippen LogP contribution in [-0.2, 0) is 19.1 Å². The van der Waals surface area contributed by atoms with Gasteiger partial charge in [0.05, 0.1) is 30.1 Å². The molecule has 0 aromatic rings. The first-order valence-electron chi connectivity index (χ1n) is 12.3. The van der Waals surface area contributed by atoms with Crippen LogP contribution < -0.4 is 10.6 Å². The number of hydrogen-bond donors (Lipinski definition) is 3. The molecule has 3 saturated heterocycles. The van der Waals surface area contributed by atoms with Crippen LogP contribution in [0.25, 0.3) is 0 Å². The summed E-state index contributed by atoms with van der Waals surface area (Å²) in [5, 5.41) is 16.1. The number of hydrogen-bond acceptors (Lipinski definition) is 5. The molecular weight excluding hydrogens is 410 g/mol. The zero-order valence-electron chi connectivity index (χ0n) is 20.4. The van der Waals surface area contributed by atoms with Crippen molar-refractivity contribution in [3.05, 3.63) is 0 Å². The molecule has 3 heterocycles. The van der Waals surface area contributed by atoms with Gasteiger partial charge in [-0.1, -0.05) is 34.1 Å². The third-order valence-corrected chi connectivity index (χ3v) is 8.02. The minimum absolute atomic E-state index is 0.0152. The van der Waals surface area contributed by atoms with Gasteiger partial charge in [-0.2, -0.15) is 0 Å². The van der Waals surface area contributed by atoms with Crippen LogP contribution in [0.1, 0.15) is 73.6 Å². The van der Waals surface area contributed by atoms with Crippen molar-refractivity contribution >= 4 is 17.7 Å². The van der Waals surface area contributed by atoms with Gasteiger partial charge in [0.25, 0.3) is 0 Å². The van der Waals surface area contributed by atoms with Crippen LogP contribution in [0.5, 0.6) is 0 Å². The fourth-order valence-corrected chi connectivity index (χ4v) is 6.37. The molecule has 3 aliphatic rings. The first-order chi connectivity index (χ1) is 15.1. The maximum atomic E-state index is 13.9. The smallest absolute Gasteiger partial charge is 0.246 e. The summed E-state index contributed by atoms with van der Waals surface area (Å²) in [5.74, 6) is -2.05. The van der Waals surface area contributed by atoms with Gasteiger partial charge in [-0.25, -0.2) is 0 Å². The second kappa shape index (κ2) is 9.29. The van der Waals surface area contributed by atoms with E-state index in [1.165, 1.54) is 4.90 Å². The largest absolute Gasteiger partial charge is 0.394 e. The van der Waals surface area contributed by atoms with Crippen LogP contribution in [0.3, 0.4) is 0 Å². The van der Waals surface area contributed by atoms with E-state index in [-0.39, 0.29) is 36.3 Å². The minimum atomic E-state index is -1.06. The zero-order chi connectivity index (χ0) is 23.8. The number of carbonyl (C=O) groups excluding carboxylic acids is 3. The highest BCUT2D eigenvalue weighted by Crippen LogP contribution is 2.65. The molecule has 0 aromatic heterocycles. The third kappa shape index (κ3) is 3.63. The summed E-state index contributed by atoms with van der Waals surface area (Å²) in [6.45, 7) is 12.1. The van der Waals surface area contributed by atoms with Crippen molar-refractivity contribution in [1.29, 1.82) is 0 Å². The summed E-state index contributed by atoms with van der Waals surface area (Å²) in [6, 6.07) is -1.39. The average molecular weight is 452 g/mol. The Morgan fingerprint density at radius 2 is 1.94 bits per heavy atom. The van der Waals surface area contributed by atoms with Crippen molar-refractivity contribution in [2.75, 3.05) is 13.2 Å². The third-order valence-electron chi connectivity index (χ3n) is 8.02. The van der Waals surface area contributed by atoms with E-state index < -0.39 is 35.1 Å². The maximum Gasteiger partial charge on any atom is 0.246 e. The van der Waals surface area contributed by atoms with Crippen molar-refractivity contribution in [1.82, 2.24) is 15.5 Å². The second-order valence-electron chi connectivity index (χ2n) is 10.2. The van der Waals surface area contributed by atoms with Gasteiger partial charge in [-0.05, 0) is 45.4 Å². The van der Waals surface area contributed by atoms with Crippen molar-refractivity contribution < 1.29 is 24.2 Å². The normalized spacial score (nSPS) is 37.3. The summed E-state index contributed by atoms with van der Waals surface area (Å²) in [5.41, 5.74) is -1.86. The van der Waals surface area contributed by atoms with Gasteiger partial charge in [-0.3, -0.25) is 14.4 Å². The molecule has 0 aromatic carbocycles. The summed E-state index contributed by atoms with van der Waals surface area (Å²) < 4.78 is 6.65. The molecule has 32 heavy (non-hydrogen) atoms. The number of amides is 3. The minimum Gasteiger partial charge on any atom is -0.394 e. The fourth-order valence-electron chi connectivity index (χ4n) is 6.37. The van der Waals surface area contributed by atoms with Crippen LogP contribution in [0.15, 0.2) is 0 Å². The molecule has 8 heteroatoms. The van der Waals surface area contributed by atoms with E-state index in [0.717, 1.165) is 19.3 Å². The molecule has 4 unspecified atom stereocenters. The van der Waals surface area contributed by atoms with E-state index in [1.54, 1.807) is 0 Å². The number of rotatable bonds is 10. The van der Waals surface area contributed by atoms with Gasteiger partial charge in [-0.15, -0.1) is 0 Å². The number of aliphatic hydroxyl groups is 1. The van der Waals surface area contributed by atoms with Gasteiger partial charge >= 0.3 is 0 Å². The molecule has 2 bridgehead atoms. The van der Waals surface area contributed by atoms with E-state index in [2.05, 4.69) is 17.6 Å². The van der Waals surface area contributed by atoms with Crippen molar-refractivity contribution in [3.63, 3.8) is 0 Å². The van der Waals surface area contributed by atoms with Crippen molar-refractivity contribution in [2.45, 2.75) is 103 Å². The fraction of sp³-hybridized carbons (Fsp3) is 0.875. The number of likely N-dealkylation sites (tertiary alicyclic amines) is 1. The topological polar surface area (TPSA) is 108 Å². The predicted molar refractivity (Wildman–Crippen MR) is 121 cm³/mol. The quantitative estimate of drug-likeness (QED) is 0.468. The number of carbonyl (C=O) groups is 3. The number of fused-ring (bicyclic) bond motifs is 1. The number of ether oxygens (including phenoxy) is 1. The first kappa shape index (κ1) is 25.0. The molecule has 3 fully saturated rings. The molecule has 3 rings (SSSR count). The Morgan fingerprint density at radius 1 is 1.25 bits per heavy atom. The number of aliphatic hydroxyl groups excluding tert-OH is 1. The van der Waals surface area contributed by atoms with Gasteiger partial charge in [0.1, 0.15) is 11.6 Å². The van der Waals surface area contributed by atoms with Gasteiger partial charge in [0.15, 0.2) is 0 Å². The molecule has 3 amide bonds. The predicted octanol–water partition coefficient (Wildman–Crippen LogP) is 1.60. The Balaban J connectivity index is 2.06. The van der Waals surface area contributed by atoms with E-state index >= 15 is 0 Å². The highest BCUT2D eigenvalue weighted by atomic mass is 16.5. The summed E-state index contributed by atoms with van der Waals surface area (Å²) in [6.07, 6.45) is 3.61. The maximum absolute atomic E-state index is 13.9. The lowest BCUT2D eigenvalue weighted by atomic mass is 9.62. The molecule has 3 N–H and O–H groups in total. The molecule has 8 atom stereocenters. The van der Waals surface area contributed by atoms with Crippen LogP contribution >= 0.6 is 0 Å². The van der Waals surface area contributed by atoms with E-state index in [0.29, 0.717) is 19.4 Å². The molecule has 182 valence electrons. The lowest BCUT2D eigenvalue weighted by Crippen LogP contribution is -2.59. The SMILES string of the molecule is CCCNC(=O)[C@H]1[C@H]2C(=O)N([C@@H](CC)CO)C(C(=O)NC(C)CCC)C23CC(C)[C@]1(C)O3. The Labute approximate surface area is 191 Å². The van der Waals surface area contributed by atoms with Crippen LogP contribution in [0.2, 0.25) is 0 Å². The van der Waals surface area contributed by atoms with Gasteiger partial charge in [0, 0.05) is 12.6 Å². The second-order valence-corrected chi connectivity index (χ2v) is 10.2. The molecule has 0 saturated carbocycles. The van der Waals surface area contributed by atoms with Crippen LogP contribution in [0.4, 0.5) is 0 Å². The van der Waals surface area contributed by atoms with Crippen molar-refractivity contribution in [2.24, 2.45) is 17.8 Å². The lowest BCUT2D eigenvalue weighted by molar-refractivity contribution is -0.151. The van der Waals surface area contributed by atoms with Gasteiger partial charge in [0.2, 0.25) is 17.7 Å². The highest BCUT2D eigenvalue weighted by Gasteiger charge is 2.80. The summed E-state index contributed by atoms with van der Waals surface area (Å²) in [4.78, 5) is 42.3. The van der Waals surface area contributed by atoms with Crippen LogP contribution in [-0.4, -0.2) is 70.2 Å². The number of nitrogens with zero attached hydrogens (tertiary/aromatic N) is 1. The van der Waals surface area contributed by atoms with E-state index in [1.807, 2.05) is 34.6 Å². The molecule has 1 spiro atoms. The Kier molecular flexibility index (Phi) is 7.25. The van der Waals surface area contributed by atoms with Crippen molar-refractivity contribution in [3.8, 4) is 0 Å². The Morgan fingerprint density at radius 3 is 2.50 bits per heavy atom. The van der Waals surface area contributed by atoms with E-state index in [4.69, 9.17) is 4.74 Å². The van der Waals surface area contributed by atoms with Crippen LogP contribution in [0, 0.1) is 17.8 Å². The summed E-state index contributed by atoms with van der Waals surface area (Å²) >= 11 is 0. The van der Waals surface area contributed by atoms with Gasteiger partial charge < -0.3 is 25.4 Å². The molecular formula is C24H41N3O5. The molecule has 0 aliphatic carbocycles. The molecule has 8 nitrogen and oxygen atoms in total. The average Bonchev–Trinajstić information content (AvgIpc) is 3.25. The first-order valence-corrected chi connectivity index (χ1v) is 12.3. The number of nitrogens with one attached hydrogen (secondary N) is 2. The zero-order valence-corrected chi connectivity index (χ0v) is 20.4. The summed E-state index contributed by atoms with van der Waals surface area (Å²) in [7, 11) is 0. The Bertz CT molecular complexity index is 741. The lowest BCUT2D eigenvalue weighted by Gasteiger charge is -2.37. The standard InChI is InChI=1S/C24H41N3O5/c1-7-10-15(5)26-21(30)19-24-12-14(4)23(6,32-24)17(20(29)25-11-8-2)18(24)22(31)27(19)16(9-3)13-28/h14-19,28H,7-13H2,1-6H3,(H,25,29)(H,26,30)/t14?,15?,16-,17+,18-,19?,23-,24?/m0/s1. The Hall–Kier alpha value is -1.67. The molecule has 0 radical (unpaired) electrons. The highest BCUT2D eigenvalue weighted by molar-refractivity contribution is 5.99. The molecule has 3 aliphatic heterocycles.